The van der Waals surface area contributed by atoms with Crippen LogP contribution in [-0.2, 0) is 22.7 Å². The number of nitrogens with two attached hydrogens (primary N) is 1. The van der Waals surface area contributed by atoms with E-state index in [-0.39, 0.29) is 23.7 Å². The molecule has 182 valence electrons. The number of rotatable bonds is 10. The fraction of sp³-hybridized carbons (Fsp3) is 0.583. The molecular formula is C12H17N9O10P2-2. The standard InChI is InChI=1S/C12H19N9O10P2/c13-12-18-9-6(10(24)19-12)15-4-21(9)11-8(23)7(22)5(30-11)3-29-33(27,28)31-32(25,26)17-2-1-16-20-14/h4-5,7-8,11,22-23H,1-3H2,(H,27,28)(H2,17,25,26)(H3,13,18,19,24)/p-2/t5-,7?,8+,11-/m1/s1. The van der Waals surface area contributed by atoms with E-state index in [9.17, 15) is 33.9 Å². The van der Waals surface area contributed by atoms with E-state index in [2.05, 4.69) is 33.8 Å². The van der Waals surface area contributed by atoms with Crippen molar-refractivity contribution in [3.8, 4) is 0 Å². The lowest BCUT2D eigenvalue weighted by molar-refractivity contribution is -0.235. The van der Waals surface area contributed by atoms with Crippen molar-refractivity contribution >= 4 is 32.7 Å². The molecule has 2 aromatic heterocycles. The number of nitrogens with zero attached hydrogens (tertiary/aromatic N) is 6. The summed E-state index contributed by atoms with van der Waals surface area (Å²) in [5.74, 6) is -0.248. The molecule has 19 nitrogen and oxygen atoms in total. The molecule has 3 heterocycles. The molecule has 6 atom stereocenters. The van der Waals surface area contributed by atoms with Gasteiger partial charge in [0.2, 0.25) is 13.7 Å². The second-order valence-corrected chi connectivity index (χ2v) is 9.62. The summed E-state index contributed by atoms with van der Waals surface area (Å²) in [5, 5.41) is 25.3. The van der Waals surface area contributed by atoms with E-state index in [1.54, 1.807) is 5.09 Å². The topological polar surface area (TPSA) is 299 Å². The molecular weight excluding hydrogens is 492 g/mol. The molecule has 33 heavy (non-hydrogen) atoms. The Kier molecular flexibility index (Phi) is 7.52. The lowest BCUT2D eigenvalue weighted by Gasteiger charge is -2.32. The number of phosphoric acid groups is 1. The molecule has 0 radical (unpaired) electrons. The third-order valence-corrected chi connectivity index (χ3v) is 6.98. The zero-order valence-corrected chi connectivity index (χ0v) is 18.1. The van der Waals surface area contributed by atoms with Crippen LogP contribution >= 0.6 is 15.6 Å². The van der Waals surface area contributed by atoms with Crippen LogP contribution in [0.25, 0.3) is 21.6 Å². The van der Waals surface area contributed by atoms with Gasteiger partial charge in [-0.2, -0.15) is 4.98 Å². The van der Waals surface area contributed by atoms with Gasteiger partial charge in [-0.1, -0.05) is 5.11 Å². The fourth-order valence-corrected chi connectivity index (χ4v) is 5.03. The number of phosphoric ester groups is 1. The van der Waals surface area contributed by atoms with E-state index in [1.165, 1.54) is 0 Å². The Balaban J connectivity index is 1.66. The summed E-state index contributed by atoms with van der Waals surface area (Å²) in [6, 6.07) is 0. The van der Waals surface area contributed by atoms with Crippen molar-refractivity contribution < 1.29 is 42.7 Å². The predicted molar refractivity (Wildman–Crippen MR) is 103 cm³/mol. The van der Waals surface area contributed by atoms with Gasteiger partial charge in [0.25, 0.3) is 13.4 Å². The average Bonchev–Trinajstić information content (AvgIpc) is 3.25. The highest BCUT2D eigenvalue weighted by molar-refractivity contribution is 7.61. The molecule has 1 fully saturated rings. The summed E-state index contributed by atoms with van der Waals surface area (Å²) in [7, 11) is -10.6. The molecule has 1 aliphatic rings. The molecule has 0 aliphatic carbocycles. The summed E-state index contributed by atoms with van der Waals surface area (Å²) in [6.45, 7) is -1.66. The minimum absolute atomic E-state index is 0.0778. The number of imidazole rings is 1. The third-order valence-electron chi connectivity index (χ3n) is 4.25. The molecule has 2 aromatic rings. The molecule has 6 N–H and O–H groups in total. The number of H-pyrrole nitrogens is 1. The number of nitrogen functional groups attached to an aromatic ring is 1. The van der Waals surface area contributed by atoms with Crippen LogP contribution in [0.15, 0.2) is 16.2 Å². The molecule has 3 unspecified atom stereocenters. The first-order valence-electron chi connectivity index (χ1n) is 8.92. The van der Waals surface area contributed by atoms with Gasteiger partial charge in [-0.3, -0.25) is 32.9 Å². The van der Waals surface area contributed by atoms with Gasteiger partial charge >= 0.3 is 0 Å². The van der Waals surface area contributed by atoms with Crippen molar-refractivity contribution in [1.29, 1.82) is 0 Å². The van der Waals surface area contributed by atoms with E-state index >= 15 is 0 Å². The maximum Gasteiger partial charge on any atom is 0.280 e. The fourth-order valence-electron chi connectivity index (χ4n) is 2.86. The Morgan fingerprint density at radius 2 is 2.15 bits per heavy atom. The number of aromatic amines is 1. The van der Waals surface area contributed by atoms with Gasteiger partial charge in [0.1, 0.15) is 18.3 Å². The molecule has 3 rings (SSSR count). The van der Waals surface area contributed by atoms with E-state index in [0.29, 0.717) is 0 Å². The summed E-state index contributed by atoms with van der Waals surface area (Å²) in [4.78, 5) is 47.7. The highest BCUT2D eigenvalue weighted by atomic mass is 31.3. The number of nitrogens with one attached hydrogen (secondary N) is 2. The van der Waals surface area contributed by atoms with Gasteiger partial charge in [0.05, 0.1) is 12.9 Å². The zero-order valence-electron chi connectivity index (χ0n) is 16.3. The van der Waals surface area contributed by atoms with Gasteiger partial charge in [-0.15, -0.1) is 0 Å². The van der Waals surface area contributed by atoms with Crippen molar-refractivity contribution in [2.24, 2.45) is 5.11 Å². The molecule has 0 saturated carbocycles. The Hall–Kier alpha value is -2.40. The number of aliphatic hydroxyl groups is 2. The molecule has 1 saturated heterocycles. The minimum Gasteiger partial charge on any atom is -0.766 e. The number of hydrogen-bond donors (Lipinski definition) is 5. The highest BCUT2D eigenvalue weighted by Crippen LogP contribution is 2.52. The lowest BCUT2D eigenvalue weighted by Crippen LogP contribution is -2.34. The van der Waals surface area contributed by atoms with Gasteiger partial charge < -0.3 is 35.0 Å². The van der Waals surface area contributed by atoms with Gasteiger partial charge in [-0.05, 0) is 5.53 Å². The van der Waals surface area contributed by atoms with Gasteiger partial charge in [0, 0.05) is 18.0 Å². The largest absolute Gasteiger partial charge is 0.766 e. The van der Waals surface area contributed by atoms with Crippen molar-refractivity contribution in [3.63, 3.8) is 0 Å². The van der Waals surface area contributed by atoms with Crippen LogP contribution in [-0.4, -0.2) is 67.7 Å². The maximum atomic E-state index is 11.9. The van der Waals surface area contributed by atoms with E-state index < -0.39 is 58.8 Å². The van der Waals surface area contributed by atoms with Crippen molar-refractivity contribution in [1.82, 2.24) is 24.6 Å². The normalized spacial score (nSPS) is 26.5. The third kappa shape index (κ3) is 5.94. The summed E-state index contributed by atoms with van der Waals surface area (Å²) in [5.41, 5.74) is 12.7. The SMILES string of the molecule is [N-]=[N+]=NCCNP(=O)([O-])OP(=O)([O-])OC[C@H]1O[C@@H](n2cnc3c(=O)[nH]c(N)nc32)[C@@H](O)C1O. The van der Waals surface area contributed by atoms with E-state index in [0.717, 1.165) is 10.9 Å². The predicted octanol–water partition coefficient (Wildman–Crippen LogP) is -2.81. The number of anilines is 1. The quantitative estimate of drug-likeness (QED) is 0.0710. The molecule has 0 aromatic carbocycles. The van der Waals surface area contributed by atoms with Crippen LogP contribution in [0.4, 0.5) is 5.95 Å². The van der Waals surface area contributed by atoms with Gasteiger partial charge in [0.15, 0.2) is 17.4 Å². The van der Waals surface area contributed by atoms with Crippen molar-refractivity contribution in [2.45, 2.75) is 24.5 Å². The molecule has 0 spiro atoms. The summed E-state index contributed by atoms with van der Waals surface area (Å²) < 4.78 is 38.4. The Morgan fingerprint density at radius 1 is 1.42 bits per heavy atom. The van der Waals surface area contributed by atoms with Crippen LogP contribution in [0, 0.1) is 0 Å². The summed E-state index contributed by atoms with van der Waals surface area (Å²) >= 11 is 0. The number of ether oxygens (including phenoxy) is 1. The van der Waals surface area contributed by atoms with Crippen molar-refractivity contribution in [3.05, 3.63) is 27.1 Å². The first kappa shape index (κ1) is 25.2. The molecule has 0 bridgehead atoms. The second kappa shape index (κ2) is 9.84. The zero-order chi connectivity index (χ0) is 24.4. The van der Waals surface area contributed by atoms with Crippen LogP contribution in [0.1, 0.15) is 6.23 Å². The van der Waals surface area contributed by atoms with Gasteiger partial charge in [-0.25, -0.2) is 4.98 Å². The monoisotopic (exact) mass is 509 g/mol. The minimum atomic E-state index is -5.46. The number of aliphatic hydroxyl groups excluding tert-OH is 2. The summed E-state index contributed by atoms with van der Waals surface area (Å²) in [6.07, 6.45) is -5.07. The average molecular weight is 509 g/mol. The first-order chi connectivity index (χ1) is 15.4. The number of hydrogen-bond acceptors (Lipinski definition) is 14. The first-order valence-corrected chi connectivity index (χ1v) is 11.9. The number of fused-ring (bicyclic) bond motifs is 1. The maximum absolute atomic E-state index is 11.9. The van der Waals surface area contributed by atoms with E-state index in [1.807, 2.05) is 0 Å². The molecule has 0 amide bonds. The lowest BCUT2D eigenvalue weighted by atomic mass is 10.1. The van der Waals surface area contributed by atoms with Crippen LogP contribution in [0.3, 0.4) is 0 Å². The Labute approximate surface area is 183 Å². The van der Waals surface area contributed by atoms with Crippen LogP contribution in [0.5, 0.6) is 0 Å². The smallest absolute Gasteiger partial charge is 0.280 e. The Bertz CT molecular complexity index is 1210. The second-order valence-electron chi connectivity index (χ2n) is 6.51. The van der Waals surface area contributed by atoms with E-state index in [4.69, 9.17) is 16.0 Å². The molecule has 1 aliphatic heterocycles. The Morgan fingerprint density at radius 3 is 2.85 bits per heavy atom. The van der Waals surface area contributed by atoms with Crippen molar-refractivity contribution in [2.75, 3.05) is 25.4 Å². The molecule has 21 heteroatoms. The highest BCUT2D eigenvalue weighted by Gasteiger charge is 2.45. The number of aromatic nitrogens is 4. The van der Waals surface area contributed by atoms with Crippen LogP contribution < -0.4 is 26.2 Å². The van der Waals surface area contributed by atoms with Crippen LogP contribution in [0.2, 0.25) is 0 Å². The number of azide groups is 1.